The van der Waals surface area contributed by atoms with E-state index in [1.807, 2.05) is 23.5 Å². The zero-order valence-corrected chi connectivity index (χ0v) is 24.0. The molecule has 2 rings (SSSR count). The molecule has 0 spiro atoms. The van der Waals surface area contributed by atoms with Crippen LogP contribution < -0.4 is 5.73 Å². The van der Waals surface area contributed by atoms with Gasteiger partial charge < -0.3 is 5.73 Å². The molecule has 2 atom stereocenters. The first-order valence-corrected chi connectivity index (χ1v) is 14.2. The van der Waals surface area contributed by atoms with Crippen LogP contribution >= 0.6 is 23.5 Å². The summed E-state index contributed by atoms with van der Waals surface area (Å²) >= 11 is 3.77. The zero-order chi connectivity index (χ0) is 25.8. The minimum absolute atomic E-state index is 0.0652. The molecule has 2 unspecified atom stereocenters. The third kappa shape index (κ3) is 10.8. The molecule has 2 aromatic carbocycles. The van der Waals surface area contributed by atoms with Gasteiger partial charge in [0, 0.05) is 20.7 Å². The molecule has 188 valence electrons. The van der Waals surface area contributed by atoms with Crippen LogP contribution in [0.1, 0.15) is 91.4 Å². The Hall–Kier alpha value is -1.59. The second kappa shape index (κ2) is 14.7. The Morgan fingerprint density at radius 1 is 0.765 bits per heavy atom. The van der Waals surface area contributed by atoms with Crippen molar-refractivity contribution in [1.82, 2.24) is 0 Å². The summed E-state index contributed by atoms with van der Waals surface area (Å²) in [7, 11) is 0. The molecule has 0 saturated heterocycles. The van der Waals surface area contributed by atoms with Gasteiger partial charge in [-0.05, 0) is 76.1 Å². The van der Waals surface area contributed by atoms with E-state index in [-0.39, 0.29) is 22.9 Å². The number of thioether (sulfide) groups is 2. The quantitative estimate of drug-likeness (QED) is 0.161. The summed E-state index contributed by atoms with van der Waals surface area (Å²) in [5, 5.41) is 3.93. The van der Waals surface area contributed by atoms with E-state index >= 15 is 0 Å². The standard InChI is InChI=1S/C14H21N3S.C14H23NS/c1-5-10-18-12-8-6-11(7-9-12)13(16-17-15)14(2,3)4;1-5-10-16-12-8-6-11(7-9-12)13(15)14(2,3)4/h6-9,13H,5,10H2,1-4H3;6-9,13H,5,10,15H2,1-4H3. The van der Waals surface area contributed by atoms with Gasteiger partial charge in [-0.25, -0.2) is 0 Å². The molecule has 2 N–H and O–H groups in total. The Bertz CT molecular complexity index is 875. The third-order valence-corrected chi connectivity index (χ3v) is 7.74. The highest BCUT2D eigenvalue weighted by molar-refractivity contribution is 7.99. The monoisotopic (exact) mass is 500 g/mol. The minimum atomic E-state index is -0.118. The molecule has 0 heterocycles. The van der Waals surface area contributed by atoms with Crippen LogP contribution in [0.25, 0.3) is 10.4 Å². The lowest BCUT2D eigenvalue weighted by molar-refractivity contribution is 0.326. The second-order valence-corrected chi connectivity index (χ2v) is 13.0. The molecule has 34 heavy (non-hydrogen) atoms. The molecule has 6 heteroatoms. The fraction of sp³-hybridized carbons (Fsp3) is 0.571. The summed E-state index contributed by atoms with van der Waals surface area (Å²) in [6, 6.07) is 17.0. The average molecular weight is 501 g/mol. The highest BCUT2D eigenvalue weighted by Crippen LogP contribution is 2.37. The van der Waals surface area contributed by atoms with Crippen LogP contribution in [0.2, 0.25) is 0 Å². The van der Waals surface area contributed by atoms with Gasteiger partial charge >= 0.3 is 0 Å². The minimum Gasteiger partial charge on any atom is -0.324 e. The summed E-state index contributed by atoms with van der Waals surface area (Å²) in [5.41, 5.74) is 17.3. The van der Waals surface area contributed by atoms with Gasteiger partial charge in [-0.3, -0.25) is 0 Å². The Labute approximate surface area is 216 Å². The Morgan fingerprint density at radius 3 is 1.50 bits per heavy atom. The highest BCUT2D eigenvalue weighted by Gasteiger charge is 2.25. The SMILES string of the molecule is CCCSc1ccc(C(N)C(C)(C)C)cc1.CCCSc1ccc(C(N=[N+]=[N-])C(C)(C)C)cc1. The van der Waals surface area contributed by atoms with Gasteiger partial charge in [-0.2, -0.15) is 0 Å². The van der Waals surface area contributed by atoms with Crippen LogP contribution in [-0.4, -0.2) is 11.5 Å². The van der Waals surface area contributed by atoms with Crippen molar-refractivity contribution in [2.24, 2.45) is 21.7 Å². The maximum Gasteiger partial charge on any atom is 0.0673 e. The molecule has 0 aromatic heterocycles. The Morgan fingerprint density at radius 2 is 1.18 bits per heavy atom. The summed E-state index contributed by atoms with van der Waals surface area (Å²) in [5.74, 6) is 2.32. The largest absolute Gasteiger partial charge is 0.324 e. The molecule has 0 amide bonds. The lowest BCUT2D eigenvalue weighted by Gasteiger charge is -2.27. The van der Waals surface area contributed by atoms with Crippen LogP contribution in [-0.2, 0) is 0 Å². The van der Waals surface area contributed by atoms with Crippen LogP contribution in [0.4, 0.5) is 0 Å². The molecule has 0 radical (unpaired) electrons. The smallest absolute Gasteiger partial charge is 0.0673 e. The highest BCUT2D eigenvalue weighted by atomic mass is 32.2. The van der Waals surface area contributed by atoms with Crippen molar-refractivity contribution in [1.29, 1.82) is 0 Å². The van der Waals surface area contributed by atoms with Crippen LogP contribution in [0.3, 0.4) is 0 Å². The number of azide groups is 1. The summed E-state index contributed by atoms with van der Waals surface area (Å²) in [4.78, 5) is 5.58. The van der Waals surface area contributed by atoms with E-state index in [4.69, 9.17) is 11.3 Å². The fourth-order valence-electron chi connectivity index (χ4n) is 3.25. The van der Waals surface area contributed by atoms with Crippen molar-refractivity contribution in [2.45, 2.75) is 90.1 Å². The molecule has 0 aliphatic heterocycles. The van der Waals surface area contributed by atoms with Gasteiger partial charge in [0.1, 0.15) is 0 Å². The van der Waals surface area contributed by atoms with Gasteiger partial charge in [-0.15, -0.1) is 23.5 Å². The van der Waals surface area contributed by atoms with Crippen LogP contribution in [0.5, 0.6) is 0 Å². The first-order valence-electron chi connectivity index (χ1n) is 12.2. The molecule has 0 bridgehead atoms. The van der Waals surface area contributed by atoms with Crippen LogP contribution in [0.15, 0.2) is 63.4 Å². The summed E-state index contributed by atoms with van der Waals surface area (Å²) in [6.07, 6.45) is 2.39. The van der Waals surface area contributed by atoms with E-state index in [1.54, 1.807) is 0 Å². The summed E-state index contributed by atoms with van der Waals surface area (Å²) < 4.78 is 0. The molecule has 2 aromatic rings. The first kappa shape index (κ1) is 30.4. The van der Waals surface area contributed by atoms with Gasteiger partial charge in [0.15, 0.2) is 0 Å². The fourth-order valence-corrected chi connectivity index (χ4v) is 4.79. The number of hydrogen-bond donors (Lipinski definition) is 1. The Kier molecular flexibility index (Phi) is 13.2. The normalized spacial score (nSPS) is 13.3. The van der Waals surface area contributed by atoms with E-state index in [2.05, 4.69) is 114 Å². The van der Waals surface area contributed by atoms with Crippen molar-refractivity contribution in [3.05, 3.63) is 70.1 Å². The molecular weight excluding hydrogens is 456 g/mol. The number of benzene rings is 2. The van der Waals surface area contributed by atoms with Gasteiger partial charge in [0.25, 0.3) is 0 Å². The first-order chi connectivity index (χ1) is 15.9. The van der Waals surface area contributed by atoms with E-state index in [9.17, 15) is 0 Å². The number of nitrogens with two attached hydrogens (primary N) is 1. The average Bonchev–Trinajstić information content (AvgIpc) is 2.79. The van der Waals surface area contributed by atoms with Crippen molar-refractivity contribution in [3.8, 4) is 0 Å². The van der Waals surface area contributed by atoms with Crippen LogP contribution in [0, 0.1) is 10.8 Å². The molecule has 0 aliphatic rings. The molecule has 0 aliphatic carbocycles. The Balaban J connectivity index is 0.000000342. The topological polar surface area (TPSA) is 74.8 Å². The maximum absolute atomic E-state index is 8.69. The van der Waals surface area contributed by atoms with Gasteiger partial charge in [-0.1, -0.05) is 84.8 Å². The molecule has 0 fully saturated rings. The predicted molar refractivity (Wildman–Crippen MR) is 153 cm³/mol. The van der Waals surface area contributed by atoms with E-state index in [0.717, 1.165) is 11.3 Å². The van der Waals surface area contributed by atoms with E-state index in [0.29, 0.717) is 0 Å². The number of rotatable bonds is 9. The van der Waals surface area contributed by atoms with Crippen molar-refractivity contribution in [2.75, 3.05) is 11.5 Å². The van der Waals surface area contributed by atoms with Crippen molar-refractivity contribution >= 4 is 23.5 Å². The molecule has 4 nitrogen and oxygen atoms in total. The number of nitrogens with zero attached hydrogens (tertiary/aromatic N) is 3. The van der Waals surface area contributed by atoms with Gasteiger partial charge in [0.2, 0.25) is 0 Å². The molecule has 0 saturated carbocycles. The van der Waals surface area contributed by atoms with Crippen molar-refractivity contribution in [3.63, 3.8) is 0 Å². The van der Waals surface area contributed by atoms with E-state index in [1.165, 1.54) is 33.9 Å². The van der Waals surface area contributed by atoms with E-state index < -0.39 is 0 Å². The maximum atomic E-state index is 8.69. The predicted octanol–water partition coefficient (Wildman–Crippen LogP) is 9.82. The molecular formula is C28H44N4S2. The van der Waals surface area contributed by atoms with Crippen molar-refractivity contribution < 1.29 is 0 Å². The lowest BCUT2D eigenvalue weighted by atomic mass is 9.83. The third-order valence-electron chi connectivity index (χ3n) is 5.30. The second-order valence-electron chi connectivity index (χ2n) is 10.7. The summed E-state index contributed by atoms with van der Waals surface area (Å²) in [6.45, 7) is 17.2. The van der Waals surface area contributed by atoms with Gasteiger partial charge in [0.05, 0.1) is 6.04 Å². The number of hydrogen-bond acceptors (Lipinski definition) is 4. The lowest BCUT2D eigenvalue weighted by Crippen LogP contribution is -2.26. The zero-order valence-electron chi connectivity index (χ0n) is 22.3.